The Kier molecular flexibility index (Phi) is 4.93. The molecule has 2 amide bonds. The molecule has 1 aliphatic heterocycles. The highest BCUT2D eigenvalue weighted by molar-refractivity contribution is 7.53. The van der Waals surface area contributed by atoms with Gasteiger partial charge in [-0.1, -0.05) is 26.0 Å². The molecule has 0 saturated carbocycles. The summed E-state index contributed by atoms with van der Waals surface area (Å²) < 4.78 is 24.0. The van der Waals surface area contributed by atoms with Crippen molar-refractivity contribution in [3.05, 3.63) is 35.4 Å². The number of rotatable bonds is 7. The first kappa shape index (κ1) is 15.9. The summed E-state index contributed by atoms with van der Waals surface area (Å²) in [5, 5.41) is 0. The molecule has 0 aromatic heterocycles. The van der Waals surface area contributed by atoms with E-state index in [1.807, 2.05) is 13.8 Å². The Hall–Kier alpha value is -1.49. The summed E-state index contributed by atoms with van der Waals surface area (Å²) in [7, 11) is -3.96. The van der Waals surface area contributed by atoms with Crippen LogP contribution in [0.1, 0.15) is 47.4 Å². The lowest BCUT2D eigenvalue weighted by atomic mass is 10.1. The standard InChI is InChI=1S/C14H18NO5P/c1-3-9-19-21(18,20-10-4-2)15-13(16)11-7-5-6-8-12(11)14(15)17/h5-8H,3-4,9-10H2,1-2H3. The SMILES string of the molecule is CCCOP(=O)(OCCC)N1C(=O)c2ccccc2C1=O. The average Bonchev–Trinajstić information content (AvgIpc) is 2.76. The normalized spacial score (nSPS) is 14.7. The van der Waals surface area contributed by atoms with Gasteiger partial charge in [-0.3, -0.25) is 18.6 Å². The fourth-order valence-corrected chi connectivity index (χ4v) is 3.76. The molecule has 7 heteroatoms. The second-order valence-electron chi connectivity index (χ2n) is 4.60. The number of hydrogen-bond acceptors (Lipinski definition) is 5. The maximum atomic E-state index is 12.9. The number of hydrogen-bond donors (Lipinski definition) is 0. The minimum Gasteiger partial charge on any atom is -0.292 e. The van der Waals surface area contributed by atoms with Gasteiger partial charge in [0, 0.05) is 0 Å². The molecule has 6 nitrogen and oxygen atoms in total. The van der Waals surface area contributed by atoms with E-state index in [4.69, 9.17) is 9.05 Å². The topological polar surface area (TPSA) is 72.9 Å². The third-order valence-electron chi connectivity index (χ3n) is 2.93. The van der Waals surface area contributed by atoms with Crippen LogP contribution in [0.15, 0.2) is 24.3 Å². The van der Waals surface area contributed by atoms with Crippen LogP contribution in [0, 0.1) is 0 Å². The molecular formula is C14H18NO5P. The van der Waals surface area contributed by atoms with Crippen LogP contribution in [0.25, 0.3) is 0 Å². The quantitative estimate of drug-likeness (QED) is 0.571. The Bertz CT molecular complexity index is 554. The van der Waals surface area contributed by atoms with E-state index in [1.54, 1.807) is 12.1 Å². The highest BCUT2D eigenvalue weighted by Crippen LogP contribution is 2.55. The van der Waals surface area contributed by atoms with Crippen molar-refractivity contribution in [2.75, 3.05) is 13.2 Å². The van der Waals surface area contributed by atoms with Crippen molar-refractivity contribution in [1.29, 1.82) is 0 Å². The van der Waals surface area contributed by atoms with Gasteiger partial charge in [-0.25, -0.2) is 4.57 Å². The van der Waals surface area contributed by atoms with Gasteiger partial charge in [0.15, 0.2) is 0 Å². The van der Waals surface area contributed by atoms with Crippen molar-refractivity contribution in [3.8, 4) is 0 Å². The molecule has 1 aliphatic rings. The molecule has 0 radical (unpaired) electrons. The summed E-state index contributed by atoms with van der Waals surface area (Å²) in [5.74, 6) is -1.27. The minimum absolute atomic E-state index is 0.147. The van der Waals surface area contributed by atoms with Gasteiger partial charge in [-0.15, -0.1) is 0 Å². The van der Waals surface area contributed by atoms with Gasteiger partial charge >= 0.3 is 7.75 Å². The predicted molar refractivity (Wildman–Crippen MR) is 77.0 cm³/mol. The molecule has 1 aromatic rings. The number of fused-ring (bicyclic) bond motifs is 1. The van der Waals surface area contributed by atoms with Crippen molar-refractivity contribution in [1.82, 2.24) is 4.67 Å². The van der Waals surface area contributed by atoms with Crippen LogP contribution in [0.2, 0.25) is 0 Å². The lowest BCUT2D eigenvalue weighted by Crippen LogP contribution is -2.29. The lowest BCUT2D eigenvalue weighted by Gasteiger charge is -2.24. The van der Waals surface area contributed by atoms with Crippen LogP contribution in [-0.2, 0) is 13.6 Å². The van der Waals surface area contributed by atoms with Crippen molar-refractivity contribution in [2.45, 2.75) is 26.7 Å². The molecule has 21 heavy (non-hydrogen) atoms. The largest absolute Gasteiger partial charge is 0.444 e. The van der Waals surface area contributed by atoms with Gasteiger partial charge in [0.05, 0.1) is 24.3 Å². The van der Waals surface area contributed by atoms with Gasteiger partial charge in [0.2, 0.25) is 0 Å². The molecule has 1 heterocycles. The fraction of sp³-hybridized carbons (Fsp3) is 0.429. The van der Waals surface area contributed by atoms with Crippen LogP contribution in [0.4, 0.5) is 0 Å². The van der Waals surface area contributed by atoms with E-state index in [2.05, 4.69) is 0 Å². The van der Waals surface area contributed by atoms with E-state index in [-0.39, 0.29) is 24.3 Å². The molecule has 0 unspecified atom stereocenters. The second kappa shape index (κ2) is 6.52. The summed E-state index contributed by atoms with van der Waals surface area (Å²) in [4.78, 5) is 24.7. The Labute approximate surface area is 123 Å². The molecule has 0 saturated heterocycles. The first-order chi connectivity index (χ1) is 10.0. The Morgan fingerprint density at radius 1 is 0.952 bits per heavy atom. The van der Waals surface area contributed by atoms with E-state index < -0.39 is 19.6 Å². The summed E-state index contributed by atoms with van der Waals surface area (Å²) in [6.45, 7) is 3.97. The smallest absolute Gasteiger partial charge is 0.292 e. The van der Waals surface area contributed by atoms with Crippen molar-refractivity contribution in [3.63, 3.8) is 0 Å². The zero-order valence-corrected chi connectivity index (χ0v) is 13.0. The van der Waals surface area contributed by atoms with Gasteiger partial charge < -0.3 is 0 Å². The zero-order valence-electron chi connectivity index (χ0n) is 12.1. The van der Waals surface area contributed by atoms with Gasteiger partial charge in [0.25, 0.3) is 11.8 Å². The molecule has 114 valence electrons. The van der Waals surface area contributed by atoms with Crippen LogP contribution < -0.4 is 0 Å². The van der Waals surface area contributed by atoms with Crippen molar-refractivity contribution < 1.29 is 23.2 Å². The summed E-state index contributed by atoms with van der Waals surface area (Å²) in [6, 6.07) is 6.36. The lowest BCUT2D eigenvalue weighted by molar-refractivity contribution is 0.0687. The Balaban J connectivity index is 2.36. The number of carbonyl (C=O) groups excluding carboxylic acids is 2. The summed E-state index contributed by atoms with van der Waals surface area (Å²) >= 11 is 0. The maximum absolute atomic E-state index is 12.9. The fourth-order valence-electron chi connectivity index (χ4n) is 1.97. The first-order valence-electron chi connectivity index (χ1n) is 6.92. The number of carbonyl (C=O) groups is 2. The van der Waals surface area contributed by atoms with Crippen LogP contribution in [-0.4, -0.2) is 29.7 Å². The molecule has 0 fully saturated rings. The van der Waals surface area contributed by atoms with E-state index in [9.17, 15) is 14.2 Å². The van der Waals surface area contributed by atoms with Gasteiger partial charge in [-0.05, 0) is 25.0 Å². The third kappa shape index (κ3) is 2.93. The zero-order chi connectivity index (χ0) is 15.5. The molecule has 0 atom stereocenters. The number of nitrogens with zero attached hydrogens (tertiary/aromatic N) is 1. The molecule has 2 rings (SSSR count). The Morgan fingerprint density at radius 3 is 1.76 bits per heavy atom. The number of imide groups is 1. The maximum Gasteiger partial charge on any atom is 0.444 e. The van der Waals surface area contributed by atoms with Crippen molar-refractivity contribution in [2.24, 2.45) is 0 Å². The molecule has 0 N–H and O–H groups in total. The van der Waals surface area contributed by atoms with Gasteiger partial charge in [-0.2, -0.15) is 4.67 Å². The number of benzene rings is 1. The van der Waals surface area contributed by atoms with Crippen LogP contribution in [0.5, 0.6) is 0 Å². The second-order valence-corrected chi connectivity index (χ2v) is 6.46. The molecule has 0 bridgehead atoms. The molecular weight excluding hydrogens is 293 g/mol. The van der Waals surface area contributed by atoms with E-state index in [0.717, 1.165) is 0 Å². The average molecular weight is 311 g/mol. The minimum atomic E-state index is -3.96. The molecule has 1 aromatic carbocycles. The van der Waals surface area contributed by atoms with Crippen molar-refractivity contribution >= 4 is 19.6 Å². The highest BCUT2D eigenvalue weighted by atomic mass is 31.2. The van der Waals surface area contributed by atoms with E-state index in [1.165, 1.54) is 12.1 Å². The molecule has 0 spiro atoms. The highest BCUT2D eigenvalue weighted by Gasteiger charge is 2.48. The first-order valence-corrected chi connectivity index (χ1v) is 8.42. The summed E-state index contributed by atoms with van der Waals surface area (Å²) in [5.41, 5.74) is 0.450. The molecule has 0 aliphatic carbocycles. The van der Waals surface area contributed by atoms with E-state index in [0.29, 0.717) is 17.5 Å². The summed E-state index contributed by atoms with van der Waals surface area (Å²) in [6.07, 6.45) is 1.20. The predicted octanol–water partition coefficient (Wildman–Crippen LogP) is 3.24. The number of amides is 2. The van der Waals surface area contributed by atoms with Gasteiger partial charge in [0.1, 0.15) is 0 Å². The van der Waals surface area contributed by atoms with Crippen LogP contribution >= 0.6 is 7.75 Å². The monoisotopic (exact) mass is 311 g/mol. The van der Waals surface area contributed by atoms with Crippen LogP contribution in [0.3, 0.4) is 0 Å². The van der Waals surface area contributed by atoms with E-state index >= 15 is 0 Å². The third-order valence-corrected chi connectivity index (χ3v) is 4.81. The Morgan fingerprint density at radius 2 is 1.38 bits per heavy atom.